The lowest BCUT2D eigenvalue weighted by molar-refractivity contribution is -0.384. The first-order valence-electron chi connectivity index (χ1n) is 21.2. The van der Waals surface area contributed by atoms with Crippen molar-refractivity contribution < 1.29 is 38.5 Å². The van der Waals surface area contributed by atoms with Gasteiger partial charge in [0, 0.05) is 85.2 Å². The summed E-state index contributed by atoms with van der Waals surface area (Å²) >= 11 is 0. The Morgan fingerprint density at radius 2 is 1.05 bits per heavy atom. The Morgan fingerprint density at radius 1 is 0.619 bits per heavy atom. The number of carbonyl (C=O) groups excluding carboxylic acids is 4. The van der Waals surface area contributed by atoms with Gasteiger partial charge in [-0.1, -0.05) is 36.4 Å². The van der Waals surface area contributed by atoms with Crippen molar-refractivity contribution in [2.45, 2.75) is 76.8 Å². The number of carbonyl (C=O) groups is 4. The molecule has 2 saturated heterocycles. The molecule has 4 amide bonds. The molecule has 0 aromatic heterocycles. The number of piperidine rings is 2. The Kier molecular flexibility index (Phi) is 12.4. The topological polar surface area (TPSA) is 210 Å². The van der Waals surface area contributed by atoms with Crippen LogP contribution in [0.15, 0.2) is 84.9 Å². The highest BCUT2D eigenvalue weighted by Gasteiger charge is 2.37. The van der Waals surface area contributed by atoms with E-state index in [1.807, 2.05) is 58.3 Å². The average molecular weight is 861 g/mol. The van der Waals surface area contributed by atoms with Crippen molar-refractivity contribution in [1.82, 2.24) is 10.6 Å². The van der Waals surface area contributed by atoms with Gasteiger partial charge in [0.1, 0.15) is 24.6 Å². The van der Waals surface area contributed by atoms with Crippen LogP contribution >= 0.6 is 0 Å². The number of ether oxygens (including phenoxy) is 2. The molecule has 328 valence electrons. The minimum atomic E-state index is -0.456. The lowest BCUT2D eigenvalue weighted by atomic mass is 9.99. The molecule has 63 heavy (non-hydrogen) atoms. The van der Waals surface area contributed by atoms with Crippen LogP contribution in [0.25, 0.3) is 0 Å². The van der Waals surface area contributed by atoms with Gasteiger partial charge in [0.25, 0.3) is 23.2 Å². The number of amides is 4. The molecule has 0 atom stereocenters. The first kappa shape index (κ1) is 42.5. The van der Waals surface area contributed by atoms with Crippen LogP contribution in [0.4, 0.5) is 43.7 Å². The van der Waals surface area contributed by atoms with Gasteiger partial charge in [-0.3, -0.25) is 39.6 Å². The summed E-state index contributed by atoms with van der Waals surface area (Å²) in [6, 6.07) is 24.7. The summed E-state index contributed by atoms with van der Waals surface area (Å²) in [7, 11) is 0. The quantitative estimate of drug-likeness (QED) is 0.121. The molecule has 18 nitrogen and oxygen atoms in total. The number of nitro benzene ring substituents is 2. The normalized spacial score (nSPS) is 17.6. The number of hydrogen-bond donors (Lipinski definition) is 2. The minimum absolute atomic E-state index is 0.0390. The van der Waals surface area contributed by atoms with E-state index in [2.05, 4.69) is 10.6 Å². The van der Waals surface area contributed by atoms with Gasteiger partial charge < -0.3 is 29.9 Å². The molecule has 0 bridgehead atoms. The van der Waals surface area contributed by atoms with Crippen molar-refractivity contribution >= 4 is 58.1 Å². The summed E-state index contributed by atoms with van der Waals surface area (Å²) < 4.78 is 10.7. The van der Waals surface area contributed by atoms with Gasteiger partial charge in [0.05, 0.1) is 21.2 Å². The molecule has 4 heterocycles. The lowest BCUT2D eigenvalue weighted by Gasteiger charge is -2.40. The minimum Gasteiger partial charge on any atom is -0.444 e. The summed E-state index contributed by atoms with van der Waals surface area (Å²) in [6.07, 6.45) is 3.83. The molecule has 4 aliphatic heterocycles. The van der Waals surface area contributed by atoms with Crippen LogP contribution in [0.3, 0.4) is 0 Å². The number of benzene rings is 4. The van der Waals surface area contributed by atoms with E-state index in [9.17, 15) is 39.4 Å². The van der Waals surface area contributed by atoms with Crippen LogP contribution in [0.1, 0.15) is 77.3 Å². The van der Waals surface area contributed by atoms with E-state index in [4.69, 9.17) is 9.47 Å². The second kappa shape index (κ2) is 18.4. The van der Waals surface area contributed by atoms with Crippen LogP contribution < -0.4 is 30.2 Å². The molecule has 4 aromatic rings. The first-order chi connectivity index (χ1) is 30.5. The van der Waals surface area contributed by atoms with Crippen LogP contribution in [0.2, 0.25) is 0 Å². The molecule has 9 rings (SSSR count). The highest BCUT2D eigenvalue weighted by Crippen LogP contribution is 2.38. The Labute approximate surface area is 363 Å². The maximum Gasteiger partial charge on any atom is 0.414 e. The van der Waals surface area contributed by atoms with E-state index < -0.39 is 9.85 Å². The molecule has 0 radical (unpaired) electrons. The number of rotatable bonds is 10. The smallest absolute Gasteiger partial charge is 0.414 e. The number of para-hydroxylation sites is 2. The first-order valence-corrected chi connectivity index (χ1v) is 21.2. The van der Waals surface area contributed by atoms with E-state index in [1.165, 1.54) is 12.1 Å². The van der Waals surface area contributed by atoms with Gasteiger partial charge in [0.15, 0.2) is 0 Å². The third kappa shape index (κ3) is 9.19. The van der Waals surface area contributed by atoms with E-state index in [0.717, 1.165) is 35.3 Å². The molecule has 0 spiro atoms. The van der Waals surface area contributed by atoms with Crippen molar-refractivity contribution in [3.8, 4) is 0 Å². The number of cyclic esters (lactones) is 2. The Bertz CT molecular complexity index is 2430. The Morgan fingerprint density at radius 3 is 1.46 bits per heavy atom. The van der Waals surface area contributed by atoms with Crippen molar-refractivity contribution in [3.63, 3.8) is 0 Å². The standard InChI is InChI=1S/C23H24N4O5.C22H24N4O5/c28-22(24-17-6-7-17)15-5-8-20(21(13-15)27(30)31)25-11-9-18(10-12-25)26-19-4-2-1-3-16(19)14-32-23(26)29;1-2-23-21(27)15-7-8-19(20(13-15)26(29)30)24-11-9-17(10-12-24)25-18-6-4-3-5-16(18)14-31-22(25)28/h1-5,8,13,17-18H,6-7,9-12,14H2,(H,24,28);3-8,13,17H,2,9-12,14H2,1H3,(H,23,27). The Balaban J connectivity index is 0.000000173. The molecule has 1 saturated carbocycles. The SMILES string of the molecule is CCNC(=O)c1ccc(N2CCC(N3C(=O)OCc4ccccc43)CC2)c([N+](=O)[O-])c1.O=C(NC1CC1)c1ccc(N2CCC(N3C(=O)OCc4ccccc43)CC2)c([N+](=O)[O-])c1. The second-order valence-corrected chi connectivity index (χ2v) is 16.1. The number of nitrogens with zero attached hydrogens (tertiary/aromatic N) is 6. The molecule has 2 N–H and O–H groups in total. The van der Waals surface area contributed by atoms with Crippen molar-refractivity contribution in [2.75, 3.05) is 52.3 Å². The maximum absolute atomic E-state index is 12.5. The summed E-state index contributed by atoms with van der Waals surface area (Å²) in [5.41, 5.74) is 5.07. The largest absolute Gasteiger partial charge is 0.444 e. The van der Waals surface area contributed by atoms with Crippen LogP contribution in [-0.4, -0.2) is 84.7 Å². The summed E-state index contributed by atoms with van der Waals surface area (Å²) in [6.45, 7) is 5.02. The van der Waals surface area contributed by atoms with Gasteiger partial charge in [-0.15, -0.1) is 0 Å². The summed E-state index contributed by atoms with van der Waals surface area (Å²) in [5.74, 6) is -0.610. The monoisotopic (exact) mass is 860 g/mol. The fraction of sp³-hybridized carbons (Fsp3) is 0.378. The van der Waals surface area contributed by atoms with Gasteiger partial charge in [-0.2, -0.15) is 0 Å². The van der Waals surface area contributed by atoms with Gasteiger partial charge in [-0.05, 0) is 81.8 Å². The summed E-state index contributed by atoms with van der Waals surface area (Å²) in [5, 5.41) is 28.9. The Hall–Kier alpha value is -7.24. The molecule has 4 aromatic carbocycles. The lowest BCUT2D eigenvalue weighted by Crippen LogP contribution is -2.49. The third-order valence-corrected chi connectivity index (χ3v) is 12.1. The zero-order valence-electron chi connectivity index (χ0n) is 34.8. The van der Waals surface area contributed by atoms with E-state index in [1.54, 1.807) is 41.0 Å². The van der Waals surface area contributed by atoms with Crippen molar-refractivity contribution in [3.05, 3.63) is 127 Å². The molecule has 1 aliphatic carbocycles. The molecule has 3 fully saturated rings. The van der Waals surface area contributed by atoms with Crippen molar-refractivity contribution in [2.24, 2.45) is 0 Å². The van der Waals surface area contributed by atoms with Crippen LogP contribution in [0, 0.1) is 20.2 Å². The average Bonchev–Trinajstić information content (AvgIpc) is 4.13. The molecule has 0 unspecified atom stereocenters. The van der Waals surface area contributed by atoms with E-state index in [0.29, 0.717) is 75.3 Å². The van der Waals surface area contributed by atoms with Gasteiger partial charge >= 0.3 is 12.2 Å². The predicted octanol–water partition coefficient (Wildman–Crippen LogP) is 7.08. The summed E-state index contributed by atoms with van der Waals surface area (Å²) in [4.78, 5) is 79.2. The number of nitrogens with one attached hydrogen (secondary N) is 2. The predicted molar refractivity (Wildman–Crippen MR) is 233 cm³/mol. The number of nitro groups is 2. The molecular formula is C45H48N8O10. The maximum atomic E-state index is 12.5. The van der Waals surface area contributed by atoms with Crippen molar-refractivity contribution in [1.29, 1.82) is 0 Å². The van der Waals surface area contributed by atoms with Gasteiger partial charge in [0.2, 0.25) is 0 Å². The fourth-order valence-electron chi connectivity index (χ4n) is 8.69. The highest BCUT2D eigenvalue weighted by atomic mass is 16.6. The zero-order chi connectivity index (χ0) is 44.2. The highest BCUT2D eigenvalue weighted by molar-refractivity contribution is 5.97. The molecule has 18 heteroatoms. The zero-order valence-corrected chi connectivity index (χ0v) is 34.8. The van der Waals surface area contributed by atoms with Crippen LogP contribution in [0.5, 0.6) is 0 Å². The third-order valence-electron chi connectivity index (χ3n) is 12.1. The number of anilines is 4. The number of fused-ring (bicyclic) bond motifs is 2. The fourth-order valence-corrected chi connectivity index (χ4v) is 8.69. The van der Waals surface area contributed by atoms with E-state index >= 15 is 0 Å². The van der Waals surface area contributed by atoms with Crippen LogP contribution in [-0.2, 0) is 22.7 Å². The molecular weight excluding hydrogens is 813 g/mol. The second-order valence-electron chi connectivity index (χ2n) is 16.1. The molecule has 5 aliphatic rings. The van der Waals surface area contributed by atoms with Gasteiger partial charge in [-0.25, -0.2) is 9.59 Å². The number of hydrogen-bond acceptors (Lipinski definition) is 12. The van der Waals surface area contributed by atoms with E-state index in [-0.39, 0.29) is 72.3 Å².